The van der Waals surface area contributed by atoms with Crippen molar-refractivity contribution in [2.45, 2.75) is 6.54 Å². The molecule has 1 aromatic carbocycles. The number of aromatic nitrogens is 2. The Morgan fingerprint density at radius 1 is 1.27 bits per heavy atom. The number of nitrogens with zero attached hydrogens (tertiary/aromatic N) is 3. The number of imidazole rings is 1. The Hall–Kier alpha value is -2.80. The fourth-order valence-electron chi connectivity index (χ4n) is 2.34. The highest BCUT2D eigenvalue weighted by Gasteiger charge is 2.09. The van der Waals surface area contributed by atoms with Crippen molar-refractivity contribution in [1.29, 1.82) is 0 Å². The van der Waals surface area contributed by atoms with E-state index in [4.69, 9.17) is 16.3 Å². The molecule has 8 heteroatoms. The second-order valence-electron chi connectivity index (χ2n) is 5.73. The average Bonchev–Trinajstić information content (AvgIpc) is 3.03. The predicted molar refractivity (Wildman–Crippen MR) is 97.0 cm³/mol. The highest BCUT2D eigenvalue weighted by molar-refractivity contribution is 6.30. The third-order valence-electron chi connectivity index (χ3n) is 3.74. The molecule has 0 bridgehead atoms. The van der Waals surface area contributed by atoms with Crippen LogP contribution in [-0.2, 0) is 6.54 Å². The molecular formula is C18H18ClFN4O2. The summed E-state index contributed by atoms with van der Waals surface area (Å²) in [6.45, 7) is 1.01. The number of hydrogen-bond acceptors (Lipinski definition) is 3. The standard InChI is InChI=1S/C18H18ClFN4O2/c1-23(8-9-26-16-5-3-14(20)4-6-16)18(25)21-10-15-12-24-11-13(19)2-7-17(24)22-15/h2-7,11-12H,8-10H2,1H3,(H,21,25). The van der Waals surface area contributed by atoms with E-state index in [-0.39, 0.29) is 11.8 Å². The molecule has 2 aromatic heterocycles. The Bertz CT molecular complexity index is 898. The first-order valence-corrected chi connectivity index (χ1v) is 8.39. The van der Waals surface area contributed by atoms with Gasteiger partial charge in [0.2, 0.25) is 0 Å². The van der Waals surface area contributed by atoms with Gasteiger partial charge in [0.25, 0.3) is 0 Å². The number of halogens is 2. The van der Waals surface area contributed by atoms with Crippen molar-refractivity contribution >= 4 is 23.3 Å². The van der Waals surface area contributed by atoms with Crippen LogP contribution in [0.4, 0.5) is 9.18 Å². The number of urea groups is 1. The van der Waals surface area contributed by atoms with Crippen LogP contribution in [0.15, 0.2) is 48.8 Å². The molecule has 0 spiro atoms. The van der Waals surface area contributed by atoms with Crippen LogP contribution in [0.5, 0.6) is 5.75 Å². The fourth-order valence-corrected chi connectivity index (χ4v) is 2.50. The maximum Gasteiger partial charge on any atom is 0.317 e. The molecule has 136 valence electrons. The number of ether oxygens (including phenoxy) is 1. The van der Waals surface area contributed by atoms with Crippen molar-refractivity contribution in [3.05, 3.63) is 65.3 Å². The Kier molecular flexibility index (Phi) is 5.58. The van der Waals surface area contributed by atoms with Crippen LogP contribution in [0, 0.1) is 5.82 Å². The van der Waals surface area contributed by atoms with Gasteiger partial charge in [-0.05, 0) is 36.4 Å². The van der Waals surface area contributed by atoms with Gasteiger partial charge in [-0.25, -0.2) is 14.2 Å². The molecule has 0 fully saturated rings. The molecule has 0 aliphatic rings. The van der Waals surface area contributed by atoms with Crippen molar-refractivity contribution in [3.8, 4) is 5.75 Å². The third-order valence-corrected chi connectivity index (χ3v) is 3.96. The summed E-state index contributed by atoms with van der Waals surface area (Å²) in [5, 5.41) is 3.42. The molecule has 0 radical (unpaired) electrons. The number of carbonyl (C=O) groups excluding carboxylic acids is 1. The molecule has 0 atom stereocenters. The normalized spacial score (nSPS) is 10.7. The minimum absolute atomic E-state index is 0.234. The number of hydrogen-bond donors (Lipinski definition) is 1. The molecule has 2 amide bonds. The van der Waals surface area contributed by atoms with E-state index in [1.807, 2.05) is 16.7 Å². The second kappa shape index (κ2) is 8.05. The monoisotopic (exact) mass is 376 g/mol. The van der Waals surface area contributed by atoms with Gasteiger partial charge in [-0.3, -0.25) is 0 Å². The SMILES string of the molecule is CN(CCOc1ccc(F)cc1)C(=O)NCc1cn2cc(Cl)ccc2n1. The van der Waals surface area contributed by atoms with E-state index in [1.54, 1.807) is 31.4 Å². The number of fused-ring (bicyclic) bond motifs is 1. The van der Waals surface area contributed by atoms with Crippen LogP contribution in [-0.4, -0.2) is 40.5 Å². The maximum atomic E-state index is 12.8. The second-order valence-corrected chi connectivity index (χ2v) is 6.16. The van der Waals surface area contributed by atoms with Crippen LogP contribution in [0.1, 0.15) is 5.69 Å². The smallest absolute Gasteiger partial charge is 0.317 e. The highest BCUT2D eigenvalue weighted by atomic mass is 35.5. The zero-order chi connectivity index (χ0) is 18.5. The third kappa shape index (κ3) is 4.64. The summed E-state index contributed by atoms with van der Waals surface area (Å²) in [6, 6.07) is 9.09. The van der Waals surface area contributed by atoms with Gasteiger partial charge in [0.1, 0.15) is 23.8 Å². The number of nitrogens with one attached hydrogen (secondary N) is 1. The van der Waals surface area contributed by atoms with Gasteiger partial charge in [-0.2, -0.15) is 0 Å². The predicted octanol–water partition coefficient (Wildman–Crippen LogP) is 3.35. The van der Waals surface area contributed by atoms with Crippen molar-refractivity contribution < 1.29 is 13.9 Å². The molecule has 0 unspecified atom stereocenters. The molecule has 6 nitrogen and oxygen atoms in total. The summed E-state index contributed by atoms with van der Waals surface area (Å²) in [5.74, 6) is 0.242. The van der Waals surface area contributed by atoms with Gasteiger partial charge in [0.15, 0.2) is 0 Å². The van der Waals surface area contributed by atoms with Gasteiger partial charge in [-0.15, -0.1) is 0 Å². The maximum absolute atomic E-state index is 12.8. The summed E-state index contributed by atoms with van der Waals surface area (Å²) in [5.41, 5.74) is 1.50. The first-order chi connectivity index (χ1) is 12.5. The molecule has 3 rings (SSSR count). The Morgan fingerprint density at radius 2 is 2.04 bits per heavy atom. The van der Waals surface area contributed by atoms with Crippen molar-refractivity contribution in [3.63, 3.8) is 0 Å². The van der Waals surface area contributed by atoms with Crippen LogP contribution in [0.2, 0.25) is 5.02 Å². The lowest BCUT2D eigenvalue weighted by Gasteiger charge is -2.17. The van der Waals surface area contributed by atoms with Crippen molar-refractivity contribution in [2.75, 3.05) is 20.2 Å². The van der Waals surface area contributed by atoms with E-state index < -0.39 is 0 Å². The summed E-state index contributed by atoms with van der Waals surface area (Å²) in [7, 11) is 1.67. The van der Waals surface area contributed by atoms with Crippen LogP contribution in [0.25, 0.3) is 5.65 Å². The lowest BCUT2D eigenvalue weighted by Crippen LogP contribution is -2.39. The van der Waals surface area contributed by atoms with Crippen LogP contribution in [0.3, 0.4) is 0 Å². The van der Waals surface area contributed by atoms with Crippen LogP contribution >= 0.6 is 11.6 Å². The highest BCUT2D eigenvalue weighted by Crippen LogP contribution is 2.12. The number of likely N-dealkylation sites (N-methyl/N-ethyl adjacent to an activating group) is 1. The fraction of sp³-hybridized carbons (Fsp3) is 0.222. The first-order valence-electron chi connectivity index (χ1n) is 8.02. The summed E-state index contributed by atoms with van der Waals surface area (Å²) in [4.78, 5) is 18.0. The minimum atomic E-state index is -0.317. The molecule has 0 saturated heterocycles. The van der Waals surface area contributed by atoms with Crippen molar-refractivity contribution in [1.82, 2.24) is 19.6 Å². The largest absolute Gasteiger partial charge is 0.492 e. The summed E-state index contributed by atoms with van der Waals surface area (Å²) in [6.07, 6.45) is 3.58. The van der Waals surface area contributed by atoms with E-state index in [0.717, 1.165) is 11.3 Å². The zero-order valence-corrected chi connectivity index (χ0v) is 14.9. The van der Waals surface area contributed by atoms with E-state index in [1.165, 1.54) is 17.0 Å². The number of rotatable bonds is 6. The van der Waals surface area contributed by atoms with Crippen LogP contribution < -0.4 is 10.1 Å². The Morgan fingerprint density at radius 3 is 2.81 bits per heavy atom. The first kappa shape index (κ1) is 18.0. The van der Waals surface area contributed by atoms with Gasteiger partial charge in [0.05, 0.1) is 23.8 Å². The average molecular weight is 377 g/mol. The number of pyridine rings is 1. The Labute approximate surface area is 155 Å². The van der Waals surface area contributed by atoms with Gasteiger partial charge >= 0.3 is 6.03 Å². The number of amides is 2. The lowest BCUT2D eigenvalue weighted by molar-refractivity contribution is 0.195. The van der Waals surface area contributed by atoms with E-state index in [0.29, 0.717) is 30.5 Å². The molecule has 2 heterocycles. The quantitative estimate of drug-likeness (QED) is 0.717. The molecular weight excluding hydrogens is 359 g/mol. The number of benzene rings is 1. The molecule has 26 heavy (non-hydrogen) atoms. The molecule has 0 aliphatic heterocycles. The topological polar surface area (TPSA) is 58.9 Å². The molecule has 0 saturated carbocycles. The summed E-state index contributed by atoms with van der Waals surface area (Å²) >= 11 is 5.94. The molecule has 1 N–H and O–H groups in total. The van der Waals surface area contributed by atoms with Gasteiger partial charge in [0, 0.05) is 19.4 Å². The van der Waals surface area contributed by atoms with E-state index in [9.17, 15) is 9.18 Å². The van der Waals surface area contributed by atoms with E-state index in [2.05, 4.69) is 10.3 Å². The zero-order valence-electron chi connectivity index (χ0n) is 14.2. The lowest BCUT2D eigenvalue weighted by atomic mass is 10.3. The van der Waals surface area contributed by atoms with Crippen molar-refractivity contribution in [2.24, 2.45) is 0 Å². The minimum Gasteiger partial charge on any atom is -0.492 e. The van der Waals surface area contributed by atoms with Gasteiger partial charge < -0.3 is 19.4 Å². The van der Waals surface area contributed by atoms with Gasteiger partial charge in [-0.1, -0.05) is 11.6 Å². The molecule has 3 aromatic rings. The number of carbonyl (C=O) groups is 1. The molecule has 0 aliphatic carbocycles. The Balaban J connectivity index is 1.45. The van der Waals surface area contributed by atoms with E-state index >= 15 is 0 Å². The summed E-state index contributed by atoms with van der Waals surface area (Å²) < 4.78 is 20.1.